The number of rotatable bonds is 2. The third-order valence-electron chi connectivity index (χ3n) is 2.10. The molecule has 0 unspecified atom stereocenters. The summed E-state index contributed by atoms with van der Waals surface area (Å²) >= 11 is 8.59. The van der Waals surface area contributed by atoms with Gasteiger partial charge in [0.15, 0.2) is 0 Å². The van der Waals surface area contributed by atoms with E-state index in [1.807, 2.05) is 17.5 Å². The molecule has 0 N–H and O–H groups in total. The van der Waals surface area contributed by atoms with Gasteiger partial charge in [-0.1, -0.05) is 15.9 Å². The number of alkyl halides is 1. The van der Waals surface area contributed by atoms with Crippen molar-refractivity contribution in [2.75, 3.05) is 0 Å². The van der Waals surface area contributed by atoms with Crippen LogP contribution in [0.2, 0.25) is 0 Å². The lowest BCUT2D eigenvalue weighted by Gasteiger charge is -2.03. The second-order valence-corrected chi connectivity index (χ2v) is 5.17. The van der Waals surface area contributed by atoms with Crippen LogP contribution in [0.15, 0.2) is 22.0 Å². The maximum atomic E-state index is 10.8. The van der Waals surface area contributed by atoms with Crippen molar-refractivity contribution in [3.05, 3.63) is 33.1 Å². The average molecular weight is 334 g/mol. The van der Waals surface area contributed by atoms with Crippen LogP contribution < -0.4 is 0 Å². The molecule has 0 aliphatic rings. The molecule has 4 heteroatoms. The van der Waals surface area contributed by atoms with Gasteiger partial charge in [0, 0.05) is 30.8 Å². The van der Waals surface area contributed by atoms with E-state index in [0.29, 0.717) is 5.33 Å². The molecule has 1 aromatic carbocycles. The molecule has 1 nitrogen and oxygen atoms in total. The molecule has 0 atom stereocenters. The highest BCUT2D eigenvalue weighted by molar-refractivity contribution is 9.10. The van der Waals surface area contributed by atoms with Gasteiger partial charge >= 0.3 is 0 Å². The number of carbonyl (C=O) groups excluding carboxylic acids is 1. The van der Waals surface area contributed by atoms with Crippen molar-refractivity contribution in [3.8, 4) is 0 Å². The summed E-state index contributed by atoms with van der Waals surface area (Å²) in [6.07, 6.45) is 0.903. The van der Waals surface area contributed by atoms with Crippen molar-refractivity contribution >= 4 is 59.6 Å². The van der Waals surface area contributed by atoms with Gasteiger partial charge in [0.1, 0.15) is 6.29 Å². The molecule has 0 spiro atoms. The highest BCUT2D eigenvalue weighted by atomic mass is 79.9. The second-order valence-electron chi connectivity index (χ2n) is 2.84. The first-order valence-corrected chi connectivity index (χ1v) is 6.77. The highest BCUT2D eigenvalue weighted by Crippen LogP contribution is 2.35. The molecular weight excluding hydrogens is 328 g/mol. The van der Waals surface area contributed by atoms with Crippen molar-refractivity contribution in [1.82, 2.24) is 0 Å². The Morgan fingerprint density at radius 1 is 1.43 bits per heavy atom. The predicted molar refractivity (Wildman–Crippen MR) is 67.5 cm³/mol. The van der Waals surface area contributed by atoms with E-state index in [4.69, 9.17) is 0 Å². The molecule has 2 rings (SSSR count). The third kappa shape index (κ3) is 1.55. The van der Waals surface area contributed by atoms with Crippen molar-refractivity contribution < 1.29 is 4.79 Å². The Balaban J connectivity index is 2.87. The van der Waals surface area contributed by atoms with E-state index in [-0.39, 0.29) is 0 Å². The van der Waals surface area contributed by atoms with Crippen LogP contribution in [0.5, 0.6) is 0 Å². The summed E-state index contributed by atoms with van der Waals surface area (Å²) in [5.41, 5.74) is 1.82. The molecule has 14 heavy (non-hydrogen) atoms. The number of hydrogen-bond donors (Lipinski definition) is 0. The lowest BCUT2D eigenvalue weighted by Crippen LogP contribution is -1.89. The minimum Gasteiger partial charge on any atom is -0.298 e. The Bertz CT molecular complexity index is 490. The van der Waals surface area contributed by atoms with E-state index < -0.39 is 0 Å². The summed E-state index contributed by atoms with van der Waals surface area (Å²) in [5.74, 6) is 0. The molecule has 0 bridgehead atoms. The number of halogens is 2. The van der Waals surface area contributed by atoms with Gasteiger partial charge in [0.2, 0.25) is 0 Å². The Morgan fingerprint density at radius 3 is 2.86 bits per heavy atom. The molecule has 2 aromatic rings. The lowest BCUT2D eigenvalue weighted by atomic mass is 10.1. The third-order valence-corrected chi connectivity index (χ3v) is 4.54. The van der Waals surface area contributed by atoms with Crippen molar-refractivity contribution in [2.45, 2.75) is 5.33 Å². The number of benzene rings is 1. The Morgan fingerprint density at radius 2 is 2.21 bits per heavy atom. The standard InChI is InChI=1S/C10H6Br2OS/c11-3-7-6(4-13)1-2-9-10(7)8(12)5-14-9/h1-2,4-5H,3H2. The summed E-state index contributed by atoms with van der Waals surface area (Å²) in [4.78, 5) is 10.8. The van der Waals surface area contributed by atoms with Crippen LogP contribution in [-0.4, -0.2) is 6.29 Å². The molecule has 0 aliphatic carbocycles. The first-order chi connectivity index (χ1) is 6.77. The van der Waals surface area contributed by atoms with Crippen molar-refractivity contribution in [2.24, 2.45) is 0 Å². The van der Waals surface area contributed by atoms with Crippen molar-refractivity contribution in [1.29, 1.82) is 0 Å². The molecule has 0 radical (unpaired) electrons. The zero-order chi connectivity index (χ0) is 10.1. The molecule has 0 amide bonds. The van der Waals surface area contributed by atoms with Gasteiger partial charge in [0.25, 0.3) is 0 Å². The Hall–Kier alpha value is -0.190. The zero-order valence-corrected chi connectivity index (χ0v) is 11.1. The Kier molecular flexibility index (Phi) is 3.04. The number of hydrogen-bond acceptors (Lipinski definition) is 2. The van der Waals surface area contributed by atoms with E-state index in [1.54, 1.807) is 11.3 Å². The number of fused-ring (bicyclic) bond motifs is 1. The fourth-order valence-corrected chi connectivity index (χ4v) is 3.75. The van der Waals surface area contributed by atoms with Gasteiger partial charge in [-0.3, -0.25) is 4.79 Å². The highest BCUT2D eigenvalue weighted by Gasteiger charge is 2.10. The van der Waals surface area contributed by atoms with Gasteiger partial charge in [-0.05, 0) is 33.6 Å². The van der Waals surface area contributed by atoms with Crippen LogP contribution in [-0.2, 0) is 5.33 Å². The minimum absolute atomic E-state index is 0.702. The van der Waals surface area contributed by atoms with E-state index in [0.717, 1.165) is 27.3 Å². The first-order valence-electron chi connectivity index (χ1n) is 3.97. The number of aldehydes is 1. The molecule has 0 saturated carbocycles. The van der Waals surface area contributed by atoms with Crippen LogP contribution in [0, 0.1) is 0 Å². The number of thiophene rings is 1. The van der Waals surface area contributed by atoms with E-state index >= 15 is 0 Å². The van der Waals surface area contributed by atoms with Crippen LogP contribution in [0.25, 0.3) is 10.1 Å². The largest absolute Gasteiger partial charge is 0.298 e. The normalized spacial score (nSPS) is 10.7. The number of carbonyl (C=O) groups is 1. The van der Waals surface area contributed by atoms with Gasteiger partial charge in [-0.15, -0.1) is 11.3 Å². The van der Waals surface area contributed by atoms with E-state index in [2.05, 4.69) is 31.9 Å². The summed E-state index contributed by atoms with van der Waals surface area (Å²) in [5, 5.41) is 3.90. The van der Waals surface area contributed by atoms with Gasteiger partial charge in [-0.25, -0.2) is 0 Å². The fourth-order valence-electron chi connectivity index (χ4n) is 1.43. The van der Waals surface area contributed by atoms with E-state index in [1.165, 1.54) is 4.70 Å². The fraction of sp³-hybridized carbons (Fsp3) is 0.100. The quantitative estimate of drug-likeness (QED) is 0.589. The lowest BCUT2D eigenvalue weighted by molar-refractivity contribution is 0.112. The second kappa shape index (κ2) is 4.13. The minimum atomic E-state index is 0.702. The average Bonchev–Trinajstić information content (AvgIpc) is 2.59. The molecule has 1 aromatic heterocycles. The molecule has 0 aliphatic heterocycles. The summed E-state index contributed by atoms with van der Waals surface area (Å²) in [6.45, 7) is 0. The monoisotopic (exact) mass is 332 g/mol. The first kappa shape index (κ1) is 10.3. The van der Waals surface area contributed by atoms with Gasteiger partial charge in [-0.2, -0.15) is 0 Å². The molecule has 0 saturated heterocycles. The van der Waals surface area contributed by atoms with Gasteiger partial charge < -0.3 is 0 Å². The molecular formula is C10H6Br2OS. The summed E-state index contributed by atoms with van der Waals surface area (Å²) in [7, 11) is 0. The van der Waals surface area contributed by atoms with Crippen LogP contribution in [0.3, 0.4) is 0 Å². The van der Waals surface area contributed by atoms with Crippen molar-refractivity contribution in [3.63, 3.8) is 0 Å². The molecule has 72 valence electrons. The maximum absolute atomic E-state index is 10.8. The summed E-state index contributed by atoms with van der Waals surface area (Å²) < 4.78 is 2.27. The van der Waals surface area contributed by atoms with E-state index in [9.17, 15) is 4.79 Å². The Labute approximate surface area is 102 Å². The maximum Gasteiger partial charge on any atom is 0.150 e. The molecule has 1 heterocycles. The molecule has 0 fully saturated rings. The van der Waals surface area contributed by atoms with Crippen LogP contribution in [0.4, 0.5) is 0 Å². The van der Waals surface area contributed by atoms with Gasteiger partial charge in [0.05, 0.1) is 0 Å². The zero-order valence-electron chi connectivity index (χ0n) is 7.09. The summed E-state index contributed by atoms with van der Waals surface area (Å²) in [6, 6.07) is 3.86. The predicted octanol–water partition coefficient (Wildman–Crippen LogP) is 4.37. The smallest absolute Gasteiger partial charge is 0.150 e. The van der Waals surface area contributed by atoms with Crippen LogP contribution in [0.1, 0.15) is 15.9 Å². The SMILES string of the molecule is O=Cc1ccc2scc(Br)c2c1CBr. The topological polar surface area (TPSA) is 17.1 Å². The van der Waals surface area contributed by atoms with Crippen LogP contribution >= 0.6 is 43.2 Å².